The van der Waals surface area contributed by atoms with Crippen LogP contribution in [0.2, 0.25) is 0 Å². The van der Waals surface area contributed by atoms with E-state index in [4.69, 9.17) is 4.74 Å². The molecule has 3 aromatic heterocycles. The lowest BCUT2D eigenvalue weighted by Gasteiger charge is -2.29. The molecule has 1 fully saturated rings. The molecule has 1 saturated heterocycles. The summed E-state index contributed by atoms with van der Waals surface area (Å²) in [5.41, 5.74) is 1.93. The average molecular weight is 365 g/mol. The van der Waals surface area contributed by atoms with Crippen molar-refractivity contribution in [1.82, 2.24) is 24.8 Å². The second kappa shape index (κ2) is 7.55. The Bertz CT molecular complexity index is 979. The fraction of sp³-hybridized carbons (Fsp3) is 0.389. The van der Waals surface area contributed by atoms with Crippen molar-refractivity contribution < 1.29 is 9.72 Å². The standard InChI is InChI=1S/C18H20N8O/c1-26-4-2-3-12(9-26)10-27-18-14(6-19)20-8-17(25-18)24-16-5-13-15(7-21-16)23-11-22-13/h5,7-8,11-12H,2-4,9-10H2,1H3,(H,22,23)(H,21,24,25)/p+1. The van der Waals surface area contributed by atoms with Crippen molar-refractivity contribution in [3.8, 4) is 11.9 Å². The van der Waals surface area contributed by atoms with Gasteiger partial charge in [-0.2, -0.15) is 10.2 Å². The molecule has 0 bridgehead atoms. The van der Waals surface area contributed by atoms with Gasteiger partial charge in [0.2, 0.25) is 11.5 Å². The van der Waals surface area contributed by atoms with Gasteiger partial charge in [-0.3, -0.25) is 0 Å². The highest BCUT2D eigenvalue weighted by Crippen LogP contribution is 2.21. The van der Waals surface area contributed by atoms with E-state index in [-0.39, 0.29) is 11.6 Å². The third-order valence-electron chi connectivity index (χ3n) is 4.64. The molecule has 9 heteroatoms. The smallest absolute Gasteiger partial charge is 0.280 e. The Balaban J connectivity index is 1.48. The number of hydrogen-bond acceptors (Lipinski definition) is 7. The summed E-state index contributed by atoms with van der Waals surface area (Å²) in [6, 6.07) is 3.91. The van der Waals surface area contributed by atoms with Crippen molar-refractivity contribution in [3.63, 3.8) is 0 Å². The van der Waals surface area contributed by atoms with Crippen molar-refractivity contribution in [2.45, 2.75) is 12.8 Å². The minimum absolute atomic E-state index is 0.191. The van der Waals surface area contributed by atoms with Crippen molar-refractivity contribution >= 4 is 22.7 Å². The molecule has 9 nitrogen and oxygen atoms in total. The molecule has 0 aliphatic carbocycles. The number of imidazole rings is 1. The Kier molecular flexibility index (Phi) is 4.80. The quantitative estimate of drug-likeness (QED) is 0.703. The van der Waals surface area contributed by atoms with Gasteiger partial charge in [0.25, 0.3) is 11.7 Å². The first-order chi connectivity index (χ1) is 13.2. The van der Waals surface area contributed by atoms with E-state index in [1.165, 1.54) is 6.20 Å². The number of nitrogens with zero attached hydrogens (tertiary/aromatic N) is 5. The number of pyridine rings is 1. The molecule has 1 atom stereocenters. The maximum absolute atomic E-state index is 9.29. The lowest BCUT2D eigenvalue weighted by molar-refractivity contribution is -0.358. The summed E-state index contributed by atoms with van der Waals surface area (Å²) in [6.45, 7) is 2.64. The van der Waals surface area contributed by atoms with Crippen LogP contribution in [0.1, 0.15) is 18.5 Å². The predicted octanol–water partition coefficient (Wildman–Crippen LogP) is 1.50. The Labute approximate surface area is 156 Å². The zero-order valence-electron chi connectivity index (χ0n) is 15.1. The van der Waals surface area contributed by atoms with Crippen molar-refractivity contribution in [3.05, 3.63) is 30.5 Å². The number of piperidine rings is 1. The van der Waals surface area contributed by atoms with Crippen molar-refractivity contribution in [2.24, 2.45) is 5.92 Å². The summed E-state index contributed by atoms with van der Waals surface area (Å²) >= 11 is 0. The number of ether oxygens (including phenoxy) is 1. The van der Waals surface area contributed by atoms with Crippen LogP contribution in [0.25, 0.3) is 11.0 Å². The van der Waals surface area contributed by atoms with Crippen LogP contribution in [0.15, 0.2) is 24.8 Å². The van der Waals surface area contributed by atoms with E-state index in [1.807, 2.05) is 18.3 Å². The first kappa shape index (κ1) is 17.2. The molecule has 3 aromatic rings. The molecule has 0 aromatic carbocycles. The molecule has 4 rings (SSSR count). The lowest BCUT2D eigenvalue weighted by Crippen LogP contribution is -2.34. The van der Waals surface area contributed by atoms with Crippen LogP contribution in [-0.2, 0) is 0 Å². The second-order valence-electron chi connectivity index (χ2n) is 6.78. The molecule has 4 heterocycles. The highest BCUT2D eigenvalue weighted by molar-refractivity contribution is 5.75. The minimum Gasteiger partial charge on any atom is -0.475 e. The lowest BCUT2D eigenvalue weighted by atomic mass is 10.00. The van der Waals surface area contributed by atoms with Crippen LogP contribution < -0.4 is 15.0 Å². The van der Waals surface area contributed by atoms with Gasteiger partial charge in [0.15, 0.2) is 0 Å². The van der Waals surface area contributed by atoms with E-state index in [1.54, 1.807) is 6.33 Å². The van der Waals surface area contributed by atoms with Crippen LogP contribution in [0.3, 0.4) is 0 Å². The molecular formula is C18H21N8O+. The summed E-state index contributed by atoms with van der Waals surface area (Å²) in [5.74, 6) is 1.91. The SMILES string of the molecule is CN1CCCC(COc2nc(Nc3cc4nc[nH]c4c[nH+]3)cnc2C#N)C1. The third-order valence-corrected chi connectivity index (χ3v) is 4.64. The number of nitrogens with one attached hydrogen (secondary N) is 3. The molecule has 0 saturated carbocycles. The maximum atomic E-state index is 9.29. The largest absolute Gasteiger partial charge is 0.475 e. The van der Waals surface area contributed by atoms with Gasteiger partial charge in [0.05, 0.1) is 25.2 Å². The summed E-state index contributed by atoms with van der Waals surface area (Å²) < 4.78 is 5.86. The highest BCUT2D eigenvalue weighted by atomic mass is 16.5. The van der Waals surface area contributed by atoms with Gasteiger partial charge >= 0.3 is 0 Å². The topological polar surface area (TPSA) is 117 Å². The summed E-state index contributed by atoms with van der Waals surface area (Å²) in [5, 5.41) is 12.4. The van der Waals surface area contributed by atoms with Gasteiger partial charge in [0.1, 0.15) is 23.3 Å². The van der Waals surface area contributed by atoms with Gasteiger partial charge in [-0.15, -0.1) is 0 Å². The van der Waals surface area contributed by atoms with Gasteiger partial charge < -0.3 is 14.6 Å². The molecule has 27 heavy (non-hydrogen) atoms. The van der Waals surface area contributed by atoms with E-state index < -0.39 is 0 Å². The zero-order chi connectivity index (χ0) is 18.6. The first-order valence-electron chi connectivity index (χ1n) is 8.91. The Hall–Kier alpha value is -3.25. The number of nitriles is 1. The van der Waals surface area contributed by atoms with E-state index in [9.17, 15) is 5.26 Å². The molecule has 0 amide bonds. The van der Waals surface area contributed by atoms with E-state index in [0.29, 0.717) is 24.2 Å². The molecule has 0 radical (unpaired) electrons. The molecule has 1 unspecified atom stereocenters. The summed E-state index contributed by atoms with van der Waals surface area (Å²) in [7, 11) is 2.11. The van der Waals surface area contributed by atoms with E-state index >= 15 is 0 Å². The maximum Gasteiger partial charge on any atom is 0.280 e. The molecule has 1 aliphatic heterocycles. The summed E-state index contributed by atoms with van der Waals surface area (Å²) in [6.07, 6.45) is 7.25. The van der Waals surface area contributed by atoms with Crippen LogP contribution in [-0.4, -0.2) is 51.6 Å². The average Bonchev–Trinajstić information content (AvgIpc) is 3.14. The normalized spacial score (nSPS) is 17.6. The Morgan fingerprint density at radius 2 is 2.41 bits per heavy atom. The molecule has 1 aliphatic rings. The van der Waals surface area contributed by atoms with E-state index in [0.717, 1.165) is 37.0 Å². The monoisotopic (exact) mass is 365 g/mol. The predicted molar refractivity (Wildman–Crippen MR) is 98.4 cm³/mol. The van der Waals surface area contributed by atoms with Crippen LogP contribution in [0.5, 0.6) is 5.88 Å². The number of fused-ring (bicyclic) bond motifs is 1. The van der Waals surface area contributed by atoms with Gasteiger partial charge in [-0.05, 0) is 26.4 Å². The number of rotatable bonds is 5. The van der Waals surface area contributed by atoms with Gasteiger partial charge in [-0.25, -0.2) is 20.3 Å². The van der Waals surface area contributed by atoms with Gasteiger partial charge in [0, 0.05) is 12.5 Å². The number of likely N-dealkylation sites (tertiary alicyclic amines) is 1. The fourth-order valence-corrected chi connectivity index (χ4v) is 3.30. The highest BCUT2D eigenvalue weighted by Gasteiger charge is 2.20. The fourth-order valence-electron chi connectivity index (χ4n) is 3.30. The molecule has 138 valence electrons. The van der Waals surface area contributed by atoms with Crippen LogP contribution in [0.4, 0.5) is 11.6 Å². The molecule has 3 N–H and O–H groups in total. The Morgan fingerprint density at radius 1 is 1.48 bits per heavy atom. The third kappa shape index (κ3) is 3.96. The number of aromatic amines is 2. The van der Waals surface area contributed by atoms with E-state index in [2.05, 4.69) is 42.2 Å². The molecular weight excluding hydrogens is 344 g/mol. The molecule has 0 spiro atoms. The van der Waals surface area contributed by atoms with Crippen molar-refractivity contribution in [2.75, 3.05) is 32.1 Å². The number of hydrogen-bond donors (Lipinski definition) is 2. The van der Waals surface area contributed by atoms with Gasteiger partial charge in [-0.1, -0.05) is 0 Å². The second-order valence-corrected chi connectivity index (χ2v) is 6.78. The number of anilines is 2. The van der Waals surface area contributed by atoms with Crippen LogP contribution in [0, 0.1) is 17.2 Å². The zero-order valence-corrected chi connectivity index (χ0v) is 15.1. The summed E-state index contributed by atoms with van der Waals surface area (Å²) in [4.78, 5) is 21.3. The number of aromatic nitrogens is 5. The first-order valence-corrected chi connectivity index (χ1v) is 8.91. The number of H-pyrrole nitrogens is 2. The Morgan fingerprint density at radius 3 is 3.26 bits per heavy atom. The van der Waals surface area contributed by atoms with Crippen molar-refractivity contribution in [1.29, 1.82) is 5.26 Å². The minimum atomic E-state index is 0.191. The van der Waals surface area contributed by atoms with Crippen LogP contribution >= 0.6 is 0 Å².